The number of hydrogen-bond donors (Lipinski definition) is 0. The van der Waals surface area contributed by atoms with Crippen LogP contribution < -0.4 is 0 Å². The Hall–Kier alpha value is -1.19. The van der Waals surface area contributed by atoms with Crippen molar-refractivity contribution in [2.45, 2.75) is 49.7 Å². The van der Waals surface area contributed by atoms with Crippen LogP contribution in [0.5, 0.6) is 0 Å². The molecule has 3 nitrogen and oxygen atoms in total. The molecule has 1 spiro atoms. The zero-order valence-electron chi connectivity index (χ0n) is 12.3. The molecule has 0 amide bonds. The van der Waals surface area contributed by atoms with Crippen molar-refractivity contribution < 1.29 is 14.3 Å². The predicted molar refractivity (Wildman–Crippen MR) is 79.1 cm³/mol. The van der Waals surface area contributed by atoms with Gasteiger partial charge in [-0.3, -0.25) is 0 Å². The first-order chi connectivity index (χ1) is 10.3. The van der Waals surface area contributed by atoms with E-state index in [0.717, 1.165) is 38.4 Å². The molecule has 1 heterocycles. The minimum atomic E-state index is -0.358. The lowest BCUT2D eigenvalue weighted by Gasteiger charge is -2.52. The van der Waals surface area contributed by atoms with Crippen LogP contribution in [0.2, 0.25) is 0 Å². The Morgan fingerprint density at radius 2 is 2.00 bits per heavy atom. The molecule has 1 aromatic carbocycles. The Morgan fingerprint density at radius 1 is 1.19 bits per heavy atom. The molecule has 4 rings (SSSR count). The number of rotatable bonds is 2. The van der Waals surface area contributed by atoms with Crippen molar-refractivity contribution in [1.82, 2.24) is 0 Å². The van der Waals surface area contributed by atoms with E-state index in [4.69, 9.17) is 9.47 Å². The van der Waals surface area contributed by atoms with Gasteiger partial charge in [-0.1, -0.05) is 24.3 Å². The van der Waals surface area contributed by atoms with Crippen LogP contribution in [-0.4, -0.2) is 25.3 Å². The fourth-order valence-electron chi connectivity index (χ4n) is 4.86. The van der Waals surface area contributed by atoms with Gasteiger partial charge in [0.05, 0.1) is 13.2 Å². The van der Waals surface area contributed by atoms with Crippen LogP contribution in [0.4, 0.5) is 0 Å². The maximum Gasteiger partial charge on any atom is 0.168 e. The molecule has 1 aliphatic heterocycles. The van der Waals surface area contributed by atoms with Gasteiger partial charge in [0.25, 0.3) is 0 Å². The second kappa shape index (κ2) is 4.92. The Labute approximate surface area is 125 Å². The lowest BCUT2D eigenvalue weighted by molar-refractivity contribution is -0.200. The predicted octanol–water partition coefficient (Wildman–Crippen LogP) is 3.00. The topological polar surface area (TPSA) is 35.5 Å². The highest BCUT2D eigenvalue weighted by Crippen LogP contribution is 2.55. The first-order valence-electron chi connectivity index (χ1n) is 8.08. The molecule has 1 aromatic rings. The minimum Gasteiger partial charge on any atom is -0.348 e. The molecule has 1 saturated heterocycles. The Balaban J connectivity index is 1.74. The van der Waals surface area contributed by atoms with E-state index in [1.54, 1.807) is 0 Å². The minimum absolute atomic E-state index is 0.0111. The second-order valence-corrected chi connectivity index (χ2v) is 6.73. The van der Waals surface area contributed by atoms with Crippen molar-refractivity contribution in [2.24, 2.45) is 5.92 Å². The second-order valence-electron chi connectivity index (χ2n) is 6.73. The summed E-state index contributed by atoms with van der Waals surface area (Å²) in [5, 5.41) is 0. The summed E-state index contributed by atoms with van der Waals surface area (Å²) in [5.74, 6) is 0.132. The third kappa shape index (κ3) is 1.98. The number of fused-ring (bicyclic) bond motifs is 3. The van der Waals surface area contributed by atoms with Crippen LogP contribution in [-0.2, 0) is 26.1 Å². The summed E-state index contributed by atoms with van der Waals surface area (Å²) < 4.78 is 11.9. The molecule has 2 unspecified atom stereocenters. The zero-order valence-corrected chi connectivity index (χ0v) is 12.3. The molecule has 2 aliphatic carbocycles. The van der Waals surface area contributed by atoms with Gasteiger partial charge >= 0.3 is 0 Å². The first kappa shape index (κ1) is 13.5. The number of aryl methyl sites for hydroxylation is 1. The van der Waals surface area contributed by atoms with E-state index in [9.17, 15) is 4.79 Å². The summed E-state index contributed by atoms with van der Waals surface area (Å²) in [7, 11) is 0. The van der Waals surface area contributed by atoms with E-state index in [-0.39, 0.29) is 11.2 Å². The highest BCUT2D eigenvalue weighted by Gasteiger charge is 2.53. The molecular weight excluding hydrogens is 264 g/mol. The van der Waals surface area contributed by atoms with Gasteiger partial charge in [0.2, 0.25) is 0 Å². The van der Waals surface area contributed by atoms with Crippen LogP contribution in [0.25, 0.3) is 0 Å². The summed E-state index contributed by atoms with van der Waals surface area (Å²) >= 11 is 0. The number of ether oxygens (including phenoxy) is 2. The average molecular weight is 286 g/mol. The quantitative estimate of drug-likeness (QED) is 0.784. The highest BCUT2D eigenvalue weighted by molar-refractivity contribution is 5.55. The molecule has 0 bridgehead atoms. The summed E-state index contributed by atoms with van der Waals surface area (Å²) in [6, 6.07) is 8.69. The van der Waals surface area contributed by atoms with Crippen LogP contribution >= 0.6 is 0 Å². The lowest BCUT2D eigenvalue weighted by Crippen LogP contribution is -2.50. The van der Waals surface area contributed by atoms with Crippen molar-refractivity contribution in [2.75, 3.05) is 13.2 Å². The van der Waals surface area contributed by atoms with E-state index in [1.165, 1.54) is 11.1 Å². The standard InChI is InChI=1S/C18H22O3/c19-10-9-17-7-8-18(20-11-12-21-18)13-15(17)6-5-14-3-1-2-4-16(14)17/h1-4,10,15H,5-9,11-13H2. The summed E-state index contributed by atoms with van der Waals surface area (Å²) in [5.41, 5.74) is 2.85. The van der Waals surface area contributed by atoms with Gasteiger partial charge in [-0.05, 0) is 36.3 Å². The van der Waals surface area contributed by atoms with Gasteiger partial charge in [0, 0.05) is 24.7 Å². The molecule has 112 valence electrons. The lowest BCUT2D eigenvalue weighted by atomic mass is 9.55. The monoisotopic (exact) mass is 286 g/mol. The molecule has 0 N–H and O–H groups in total. The molecule has 21 heavy (non-hydrogen) atoms. The highest BCUT2D eigenvalue weighted by atomic mass is 16.7. The normalized spacial score (nSPS) is 33.4. The van der Waals surface area contributed by atoms with Crippen molar-refractivity contribution in [3.8, 4) is 0 Å². The molecule has 3 heteroatoms. The smallest absolute Gasteiger partial charge is 0.168 e. The van der Waals surface area contributed by atoms with E-state index in [0.29, 0.717) is 25.6 Å². The number of carbonyl (C=O) groups excluding carboxylic acids is 1. The van der Waals surface area contributed by atoms with E-state index in [1.807, 2.05) is 0 Å². The number of benzene rings is 1. The molecule has 0 radical (unpaired) electrons. The number of aldehydes is 1. The summed E-state index contributed by atoms with van der Waals surface area (Å²) in [6.07, 6.45) is 6.83. The maximum absolute atomic E-state index is 11.4. The third-order valence-corrected chi connectivity index (χ3v) is 5.87. The third-order valence-electron chi connectivity index (χ3n) is 5.87. The van der Waals surface area contributed by atoms with Crippen molar-refractivity contribution in [3.05, 3.63) is 35.4 Å². The Morgan fingerprint density at radius 3 is 2.81 bits per heavy atom. The fraction of sp³-hybridized carbons (Fsp3) is 0.611. The first-order valence-corrected chi connectivity index (χ1v) is 8.08. The van der Waals surface area contributed by atoms with Gasteiger partial charge in [-0.25, -0.2) is 0 Å². The van der Waals surface area contributed by atoms with Crippen LogP contribution in [0.1, 0.15) is 43.2 Å². The van der Waals surface area contributed by atoms with Crippen LogP contribution in [0, 0.1) is 5.92 Å². The SMILES string of the molecule is O=CCC12CCC3(CC1CCc1ccccc12)OCCO3. The molecule has 2 atom stereocenters. The van der Waals surface area contributed by atoms with Crippen LogP contribution in [0.15, 0.2) is 24.3 Å². The van der Waals surface area contributed by atoms with Crippen molar-refractivity contribution in [1.29, 1.82) is 0 Å². The number of hydrogen-bond acceptors (Lipinski definition) is 3. The Bertz CT molecular complexity index is 547. The largest absolute Gasteiger partial charge is 0.348 e. The maximum atomic E-state index is 11.4. The Kier molecular flexibility index (Phi) is 3.16. The summed E-state index contributed by atoms with van der Waals surface area (Å²) in [6.45, 7) is 1.42. The van der Waals surface area contributed by atoms with Crippen LogP contribution in [0.3, 0.4) is 0 Å². The molecule has 0 aromatic heterocycles. The van der Waals surface area contributed by atoms with Crippen molar-refractivity contribution >= 4 is 6.29 Å². The molecule has 2 fully saturated rings. The van der Waals surface area contributed by atoms with Gasteiger partial charge < -0.3 is 14.3 Å². The van der Waals surface area contributed by atoms with Gasteiger partial charge in [0.1, 0.15) is 6.29 Å². The van der Waals surface area contributed by atoms with E-state index in [2.05, 4.69) is 24.3 Å². The zero-order chi connectivity index (χ0) is 14.3. The summed E-state index contributed by atoms with van der Waals surface area (Å²) in [4.78, 5) is 11.4. The van der Waals surface area contributed by atoms with Gasteiger partial charge in [0.15, 0.2) is 5.79 Å². The van der Waals surface area contributed by atoms with E-state index >= 15 is 0 Å². The average Bonchev–Trinajstić information content (AvgIpc) is 2.97. The number of carbonyl (C=O) groups is 1. The van der Waals surface area contributed by atoms with Gasteiger partial charge in [-0.2, -0.15) is 0 Å². The molecular formula is C18H22O3. The molecule has 3 aliphatic rings. The van der Waals surface area contributed by atoms with E-state index < -0.39 is 0 Å². The van der Waals surface area contributed by atoms with Gasteiger partial charge in [-0.15, -0.1) is 0 Å². The fourth-order valence-corrected chi connectivity index (χ4v) is 4.86. The molecule has 1 saturated carbocycles. The van der Waals surface area contributed by atoms with Crippen molar-refractivity contribution in [3.63, 3.8) is 0 Å².